The number of carbonyl (C=O) groups is 2. The molecule has 0 N–H and O–H groups in total. The molecule has 1 fully saturated rings. The fraction of sp³-hybridized carbons (Fsp3) is 0.560. The molecule has 3 heterocycles. The smallest absolute Gasteiger partial charge is 0.222 e. The summed E-state index contributed by atoms with van der Waals surface area (Å²) in [7, 11) is 1.98. The first-order valence-electron chi connectivity index (χ1n) is 11.7. The van der Waals surface area contributed by atoms with E-state index in [1.165, 1.54) is 17.7 Å². The largest absolute Gasteiger partial charge is 0.343 e. The first-order valence-corrected chi connectivity index (χ1v) is 11.7. The summed E-state index contributed by atoms with van der Waals surface area (Å²) in [6.07, 6.45) is 7.85. The number of fused-ring (bicyclic) bond motifs is 1. The van der Waals surface area contributed by atoms with Gasteiger partial charge in [0.25, 0.3) is 0 Å². The van der Waals surface area contributed by atoms with Crippen LogP contribution in [0.15, 0.2) is 30.3 Å². The van der Waals surface area contributed by atoms with Crippen LogP contribution in [-0.4, -0.2) is 51.0 Å². The Morgan fingerprint density at radius 1 is 0.903 bits per heavy atom. The Balaban J connectivity index is 1.32. The molecule has 166 valence electrons. The summed E-state index contributed by atoms with van der Waals surface area (Å²) in [5.41, 5.74) is 4.65. The minimum atomic E-state index is 0.223. The number of piperidine rings is 1. The normalized spacial score (nSPS) is 16.3. The zero-order valence-electron chi connectivity index (χ0n) is 18.7. The van der Waals surface area contributed by atoms with Gasteiger partial charge in [-0.15, -0.1) is 0 Å². The van der Waals surface area contributed by atoms with Gasteiger partial charge in [0.05, 0.1) is 5.69 Å². The first-order chi connectivity index (χ1) is 15.1. The molecule has 2 amide bonds. The average Bonchev–Trinajstić information content (AvgIpc) is 3.13. The number of aryl methyl sites for hydroxylation is 3. The average molecular weight is 423 g/mol. The molecule has 4 rings (SSSR count). The van der Waals surface area contributed by atoms with Crippen LogP contribution in [0, 0.1) is 0 Å². The molecule has 1 aromatic carbocycles. The third-order valence-electron chi connectivity index (χ3n) is 6.66. The van der Waals surface area contributed by atoms with Crippen molar-refractivity contribution in [1.29, 1.82) is 0 Å². The second kappa shape index (κ2) is 10.1. The van der Waals surface area contributed by atoms with Crippen molar-refractivity contribution in [2.45, 2.75) is 64.3 Å². The van der Waals surface area contributed by atoms with Crippen molar-refractivity contribution in [2.75, 3.05) is 19.6 Å². The van der Waals surface area contributed by atoms with Crippen LogP contribution in [0.5, 0.6) is 0 Å². The Morgan fingerprint density at radius 3 is 2.42 bits per heavy atom. The summed E-state index contributed by atoms with van der Waals surface area (Å²) in [4.78, 5) is 29.4. The van der Waals surface area contributed by atoms with E-state index >= 15 is 0 Å². The van der Waals surface area contributed by atoms with E-state index in [2.05, 4.69) is 12.1 Å². The molecule has 6 heteroatoms. The molecule has 1 aromatic heterocycles. The molecule has 0 spiro atoms. The number of benzene rings is 1. The van der Waals surface area contributed by atoms with Crippen molar-refractivity contribution < 1.29 is 9.59 Å². The highest BCUT2D eigenvalue weighted by Crippen LogP contribution is 2.24. The Bertz CT molecular complexity index is 900. The van der Waals surface area contributed by atoms with E-state index in [0.717, 1.165) is 63.0 Å². The Morgan fingerprint density at radius 2 is 1.65 bits per heavy atom. The van der Waals surface area contributed by atoms with Gasteiger partial charge in [-0.05, 0) is 37.7 Å². The summed E-state index contributed by atoms with van der Waals surface area (Å²) in [6, 6.07) is 10.3. The SMILES string of the molecule is Cn1nc(CCC(=O)N2CCCCC2)c2c1CCN(C(=O)CCCc1ccccc1)C2. The van der Waals surface area contributed by atoms with Gasteiger partial charge in [0.2, 0.25) is 11.8 Å². The zero-order chi connectivity index (χ0) is 21.6. The van der Waals surface area contributed by atoms with Crippen molar-refractivity contribution in [3.8, 4) is 0 Å². The molecule has 6 nitrogen and oxygen atoms in total. The van der Waals surface area contributed by atoms with E-state index in [4.69, 9.17) is 5.10 Å². The second-order valence-corrected chi connectivity index (χ2v) is 8.84. The van der Waals surface area contributed by atoms with Gasteiger partial charge < -0.3 is 9.80 Å². The number of hydrogen-bond donors (Lipinski definition) is 0. The molecular formula is C25H34N4O2. The monoisotopic (exact) mass is 422 g/mol. The van der Waals surface area contributed by atoms with Gasteiger partial charge in [0.15, 0.2) is 0 Å². The topological polar surface area (TPSA) is 58.4 Å². The molecule has 0 saturated carbocycles. The van der Waals surface area contributed by atoms with Gasteiger partial charge in [-0.25, -0.2) is 0 Å². The van der Waals surface area contributed by atoms with Crippen molar-refractivity contribution >= 4 is 11.8 Å². The molecule has 2 aliphatic heterocycles. The number of nitrogens with zero attached hydrogens (tertiary/aromatic N) is 4. The maximum absolute atomic E-state index is 12.8. The van der Waals surface area contributed by atoms with Gasteiger partial charge in [0.1, 0.15) is 0 Å². The van der Waals surface area contributed by atoms with Crippen LogP contribution in [0.3, 0.4) is 0 Å². The molecule has 31 heavy (non-hydrogen) atoms. The second-order valence-electron chi connectivity index (χ2n) is 8.84. The van der Waals surface area contributed by atoms with E-state index in [9.17, 15) is 9.59 Å². The van der Waals surface area contributed by atoms with Crippen LogP contribution in [0.2, 0.25) is 0 Å². The lowest BCUT2D eigenvalue weighted by molar-refractivity contribution is -0.133. The lowest BCUT2D eigenvalue weighted by Crippen LogP contribution is -2.37. The third-order valence-corrected chi connectivity index (χ3v) is 6.66. The number of carbonyl (C=O) groups excluding carboxylic acids is 2. The molecule has 0 radical (unpaired) electrons. The number of rotatable bonds is 7. The summed E-state index contributed by atoms with van der Waals surface area (Å²) < 4.78 is 1.95. The van der Waals surface area contributed by atoms with Crippen molar-refractivity contribution in [3.63, 3.8) is 0 Å². The molecule has 2 aromatic rings. The number of likely N-dealkylation sites (tertiary alicyclic amines) is 1. The van der Waals surface area contributed by atoms with Crippen molar-refractivity contribution in [3.05, 3.63) is 52.8 Å². The molecule has 0 atom stereocenters. The summed E-state index contributed by atoms with van der Waals surface area (Å²) in [5.74, 6) is 0.463. The number of aromatic nitrogens is 2. The maximum atomic E-state index is 12.8. The fourth-order valence-electron chi connectivity index (χ4n) is 4.86. The Kier molecular flexibility index (Phi) is 7.05. The quantitative estimate of drug-likeness (QED) is 0.688. The Labute approximate surface area is 185 Å². The van der Waals surface area contributed by atoms with Crippen LogP contribution >= 0.6 is 0 Å². The van der Waals surface area contributed by atoms with E-state index in [0.29, 0.717) is 25.8 Å². The minimum absolute atomic E-state index is 0.223. The van der Waals surface area contributed by atoms with Crippen molar-refractivity contribution in [1.82, 2.24) is 19.6 Å². The third kappa shape index (κ3) is 5.35. The van der Waals surface area contributed by atoms with Crippen LogP contribution < -0.4 is 0 Å². The highest BCUT2D eigenvalue weighted by atomic mass is 16.2. The van der Waals surface area contributed by atoms with Gasteiger partial charge >= 0.3 is 0 Å². The van der Waals surface area contributed by atoms with Gasteiger partial charge in [-0.2, -0.15) is 5.10 Å². The Hall–Kier alpha value is -2.63. The van der Waals surface area contributed by atoms with Crippen LogP contribution in [-0.2, 0) is 42.4 Å². The van der Waals surface area contributed by atoms with E-state index in [1.54, 1.807) is 0 Å². The van der Waals surface area contributed by atoms with Crippen LogP contribution in [0.1, 0.15) is 61.0 Å². The molecular weight excluding hydrogens is 388 g/mol. The molecule has 0 unspecified atom stereocenters. The predicted octanol–water partition coefficient (Wildman–Crippen LogP) is 3.27. The lowest BCUT2D eigenvalue weighted by atomic mass is 10.0. The molecule has 1 saturated heterocycles. The fourth-order valence-corrected chi connectivity index (χ4v) is 4.86. The van der Waals surface area contributed by atoms with Gasteiger partial charge in [-0.1, -0.05) is 30.3 Å². The first kappa shape index (κ1) is 21.6. The van der Waals surface area contributed by atoms with E-state index in [-0.39, 0.29) is 11.8 Å². The standard InChI is InChI=1S/C25H34N4O2/c1-27-23-15-18-29(24(30)12-8-11-20-9-4-2-5-10-20)19-21(23)22(26-27)13-14-25(31)28-16-6-3-7-17-28/h2,4-5,9-10H,3,6-8,11-19H2,1H3. The minimum Gasteiger partial charge on any atom is -0.343 e. The highest BCUT2D eigenvalue weighted by Gasteiger charge is 2.27. The predicted molar refractivity (Wildman–Crippen MR) is 120 cm³/mol. The summed E-state index contributed by atoms with van der Waals surface area (Å²) in [6.45, 7) is 3.16. The summed E-state index contributed by atoms with van der Waals surface area (Å²) >= 11 is 0. The lowest BCUT2D eigenvalue weighted by Gasteiger charge is -2.28. The summed E-state index contributed by atoms with van der Waals surface area (Å²) in [5, 5.41) is 4.71. The molecule has 0 aliphatic carbocycles. The number of hydrogen-bond acceptors (Lipinski definition) is 3. The van der Waals surface area contributed by atoms with Gasteiger partial charge in [0, 0.05) is 70.2 Å². The maximum Gasteiger partial charge on any atom is 0.222 e. The molecule has 0 bridgehead atoms. The van der Waals surface area contributed by atoms with Crippen molar-refractivity contribution in [2.24, 2.45) is 7.05 Å². The molecule has 2 aliphatic rings. The zero-order valence-corrected chi connectivity index (χ0v) is 18.7. The van der Waals surface area contributed by atoms with Crippen LogP contribution in [0.25, 0.3) is 0 Å². The van der Waals surface area contributed by atoms with E-state index in [1.807, 2.05) is 39.7 Å². The number of amides is 2. The van der Waals surface area contributed by atoms with E-state index < -0.39 is 0 Å². The van der Waals surface area contributed by atoms with Crippen LogP contribution in [0.4, 0.5) is 0 Å². The van der Waals surface area contributed by atoms with Gasteiger partial charge in [-0.3, -0.25) is 14.3 Å². The highest BCUT2D eigenvalue weighted by molar-refractivity contribution is 5.77.